The molecule has 1 unspecified atom stereocenters. The Labute approximate surface area is 120 Å². The minimum Gasteiger partial charge on any atom is -0.446 e. The molecule has 20 heavy (non-hydrogen) atoms. The highest BCUT2D eigenvalue weighted by molar-refractivity contribution is 7.89. The van der Waals surface area contributed by atoms with Crippen LogP contribution < -0.4 is 0 Å². The maximum absolute atomic E-state index is 12.1. The van der Waals surface area contributed by atoms with Gasteiger partial charge in [0.15, 0.2) is 0 Å². The number of nitrogens with zero attached hydrogens (tertiary/aromatic N) is 2. The SMILES string of the molecule is O=C(OC1CCCC1)N1CCC(N2CCCS2(=O)=O)C1. The van der Waals surface area contributed by atoms with E-state index in [2.05, 4.69) is 0 Å². The van der Waals surface area contributed by atoms with E-state index in [1.807, 2.05) is 0 Å². The summed E-state index contributed by atoms with van der Waals surface area (Å²) in [6.45, 7) is 1.67. The summed E-state index contributed by atoms with van der Waals surface area (Å²) >= 11 is 0. The van der Waals surface area contributed by atoms with Crippen molar-refractivity contribution in [2.45, 2.75) is 50.7 Å². The number of sulfonamides is 1. The monoisotopic (exact) mass is 302 g/mol. The zero-order valence-electron chi connectivity index (χ0n) is 11.7. The Morgan fingerprint density at radius 2 is 1.80 bits per heavy atom. The van der Waals surface area contributed by atoms with Gasteiger partial charge in [-0.25, -0.2) is 13.2 Å². The summed E-state index contributed by atoms with van der Waals surface area (Å²) < 4.78 is 30.8. The van der Waals surface area contributed by atoms with Crippen LogP contribution >= 0.6 is 0 Å². The normalized spacial score (nSPS) is 31.0. The number of amides is 1. The van der Waals surface area contributed by atoms with Crippen LogP contribution in [0.1, 0.15) is 38.5 Å². The molecular formula is C13H22N2O4S. The minimum atomic E-state index is -3.09. The molecule has 3 rings (SSSR count). The van der Waals surface area contributed by atoms with Crippen molar-refractivity contribution in [1.82, 2.24) is 9.21 Å². The zero-order valence-corrected chi connectivity index (χ0v) is 12.5. The lowest BCUT2D eigenvalue weighted by Gasteiger charge is -2.23. The molecule has 0 N–H and O–H groups in total. The fourth-order valence-electron chi connectivity index (χ4n) is 3.43. The van der Waals surface area contributed by atoms with Crippen LogP contribution in [-0.4, -0.2) is 61.2 Å². The number of carbonyl (C=O) groups is 1. The van der Waals surface area contributed by atoms with Gasteiger partial charge in [-0.2, -0.15) is 4.31 Å². The Balaban J connectivity index is 1.55. The quantitative estimate of drug-likeness (QED) is 0.768. The molecule has 3 fully saturated rings. The van der Waals surface area contributed by atoms with E-state index in [-0.39, 0.29) is 24.0 Å². The summed E-state index contributed by atoms with van der Waals surface area (Å²) in [6, 6.07) is -0.0568. The summed E-state index contributed by atoms with van der Waals surface area (Å²) in [5.41, 5.74) is 0. The van der Waals surface area contributed by atoms with Gasteiger partial charge in [-0.05, 0) is 38.5 Å². The number of hydrogen-bond donors (Lipinski definition) is 0. The number of ether oxygens (including phenoxy) is 1. The van der Waals surface area contributed by atoms with Crippen molar-refractivity contribution >= 4 is 16.1 Å². The second-order valence-corrected chi connectivity index (χ2v) is 8.00. The number of rotatable bonds is 2. The van der Waals surface area contributed by atoms with E-state index >= 15 is 0 Å². The van der Waals surface area contributed by atoms with Gasteiger partial charge in [0.1, 0.15) is 6.10 Å². The van der Waals surface area contributed by atoms with Gasteiger partial charge in [-0.3, -0.25) is 0 Å². The molecule has 0 aromatic carbocycles. The van der Waals surface area contributed by atoms with Gasteiger partial charge < -0.3 is 9.64 Å². The largest absolute Gasteiger partial charge is 0.446 e. The van der Waals surface area contributed by atoms with Crippen LogP contribution in [0.2, 0.25) is 0 Å². The summed E-state index contributed by atoms with van der Waals surface area (Å²) in [7, 11) is -3.09. The van der Waals surface area contributed by atoms with Crippen LogP contribution in [0, 0.1) is 0 Å². The summed E-state index contributed by atoms with van der Waals surface area (Å²) in [5, 5.41) is 0. The number of hydrogen-bond acceptors (Lipinski definition) is 4. The highest BCUT2D eigenvalue weighted by Crippen LogP contribution is 2.26. The summed E-state index contributed by atoms with van der Waals surface area (Å²) in [4.78, 5) is 13.7. The third-order valence-electron chi connectivity index (χ3n) is 4.54. The number of carbonyl (C=O) groups excluding carboxylic acids is 1. The molecule has 0 aromatic heterocycles. The average Bonchev–Trinajstić information content (AvgIpc) is 3.08. The molecule has 2 saturated heterocycles. The van der Waals surface area contributed by atoms with E-state index in [9.17, 15) is 13.2 Å². The van der Waals surface area contributed by atoms with Crippen LogP contribution in [0.3, 0.4) is 0 Å². The second kappa shape index (κ2) is 5.52. The van der Waals surface area contributed by atoms with Crippen molar-refractivity contribution in [3.05, 3.63) is 0 Å². The average molecular weight is 302 g/mol. The Morgan fingerprint density at radius 1 is 1.05 bits per heavy atom. The minimum absolute atomic E-state index is 0.0568. The first-order valence-corrected chi connectivity index (χ1v) is 9.12. The van der Waals surface area contributed by atoms with Crippen LogP contribution in [0.5, 0.6) is 0 Å². The summed E-state index contributed by atoms with van der Waals surface area (Å²) in [6.07, 6.45) is 5.41. The first kappa shape index (κ1) is 14.1. The first-order valence-electron chi connectivity index (χ1n) is 7.51. The van der Waals surface area contributed by atoms with Crippen molar-refractivity contribution in [3.8, 4) is 0 Å². The first-order chi connectivity index (χ1) is 9.56. The molecular weight excluding hydrogens is 280 g/mol. The molecule has 1 amide bonds. The molecule has 3 aliphatic rings. The standard InChI is InChI=1S/C13H22N2O4S/c16-13(19-12-4-1-2-5-12)14-8-6-11(10-14)15-7-3-9-20(15,17)18/h11-12H,1-10H2. The highest BCUT2D eigenvalue weighted by Gasteiger charge is 2.39. The number of likely N-dealkylation sites (tertiary alicyclic amines) is 1. The highest BCUT2D eigenvalue weighted by atomic mass is 32.2. The molecule has 6 nitrogen and oxygen atoms in total. The molecule has 0 bridgehead atoms. The maximum atomic E-state index is 12.1. The van der Waals surface area contributed by atoms with E-state index in [0.29, 0.717) is 26.1 Å². The van der Waals surface area contributed by atoms with E-state index < -0.39 is 10.0 Å². The Morgan fingerprint density at radius 3 is 2.45 bits per heavy atom. The topological polar surface area (TPSA) is 66.9 Å². The lowest BCUT2D eigenvalue weighted by molar-refractivity contribution is 0.0703. The fourth-order valence-corrected chi connectivity index (χ4v) is 5.20. The third kappa shape index (κ3) is 2.79. The Hall–Kier alpha value is -0.820. The van der Waals surface area contributed by atoms with Gasteiger partial charge in [0.05, 0.1) is 5.75 Å². The Bertz CT molecular complexity index is 473. The Kier molecular flexibility index (Phi) is 3.90. The maximum Gasteiger partial charge on any atom is 0.410 e. The van der Waals surface area contributed by atoms with E-state index in [0.717, 1.165) is 32.1 Å². The van der Waals surface area contributed by atoms with E-state index in [1.165, 1.54) is 0 Å². The van der Waals surface area contributed by atoms with Gasteiger partial charge in [0, 0.05) is 25.7 Å². The van der Waals surface area contributed by atoms with Crippen LogP contribution in [0.4, 0.5) is 4.79 Å². The molecule has 1 aliphatic carbocycles. The zero-order chi connectivity index (χ0) is 14.2. The van der Waals surface area contributed by atoms with Crippen molar-refractivity contribution in [2.75, 3.05) is 25.4 Å². The van der Waals surface area contributed by atoms with Crippen molar-refractivity contribution in [3.63, 3.8) is 0 Å². The lowest BCUT2D eigenvalue weighted by atomic mass is 10.2. The molecule has 1 saturated carbocycles. The van der Waals surface area contributed by atoms with E-state index in [4.69, 9.17) is 4.74 Å². The van der Waals surface area contributed by atoms with Crippen LogP contribution in [0.25, 0.3) is 0 Å². The lowest BCUT2D eigenvalue weighted by Crippen LogP contribution is -2.40. The molecule has 7 heteroatoms. The van der Waals surface area contributed by atoms with Crippen LogP contribution in [-0.2, 0) is 14.8 Å². The second-order valence-electron chi connectivity index (χ2n) is 5.96. The van der Waals surface area contributed by atoms with Gasteiger partial charge in [-0.1, -0.05) is 0 Å². The molecule has 2 aliphatic heterocycles. The molecule has 0 aromatic rings. The smallest absolute Gasteiger partial charge is 0.410 e. The summed E-state index contributed by atoms with van der Waals surface area (Å²) in [5.74, 6) is 0.246. The molecule has 0 radical (unpaired) electrons. The van der Waals surface area contributed by atoms with Gasteiger partial charge in [0.2, 0.25) is 10.0 Å². The molecule has 0 spiro atoms. The molecule has 2 heterocycles. The van der Waals surface area contributed by atoms with Crippen LogP contribution in [0.15, 0.2) is 0 Å². The van der Waals surface area contributed by atoms with Crippen molar-refractivity contribution < 1.29 is 17.9 Å². The van der Waals surface area contributed by atoms with Gasteiger partial charge in [0.25, 0.3) is 0 Å². The molecule has 1 atom stereocenters. The fraction of sp³-hybridized carbons (Fsp3) is 0.923. The third-order valence-corrected chi connectivity index (χ3v) is 6.54. The van der Waals surface area contributed by atoms with E-state index in [1.54, 1.807) is 9.21 Å². The predicted molar refractivity (Wildman–Crippen MR) is 73.8 cm³/mol. The van der Waals surface area contributed by atoms with Gasteiger partial charge in [-0.15, -0.1) is 0 Å². The van der Waals surface area contributed by atoms with Crippen molar-refractivity contribution in [2.24, 2.45) is 0 Å². The van der Waals surface area contributed by atoms with Crippen molar-refractivity contribution in [1.29, 1.82) is 0 Å². The van der Waals surface area contributed by atoms with Gasteiger partial charge >= 0.3 is 6.09 Å². The predicted octanol–water partition coefficient (Wildman–Crippen LogP) is 1.18. The molecule has 114 valence electrons.